The molecule has 0 fully saturated rings. The summed E-state index contributed by atoms with van der Waals surface area (Å²) in [4.78, 5) is 0. The lowest BCUT2D eigenvalue weighted by molar-refractivity contribution is 0.318. The molecule has 5 heteroatoms. The van der Waals surface area contributed by atoms with Crippen molar-refractivity contribution in [3.05, 3.63) is 58.4 Å². The zero-order chi connectivity index (χ0) is 15.6. The minimum absolute atomic E-state index is 0.201. The van der Waals surface area contributed by atoms with Crippen LogP contribution in [0, 0.1) is 26.6 Å². The van der Waals surface area contributed by atoms with E-state index in [0.29, 0.717) is 11.5 Å². The summed E-state index contributed by atoms with van der Waals surface area (Å²) in [6, 6.07) is 7.86. The van der Waals surface area contributed by atoms with E-state index in [1.807, 2.05) is 32.9 Å². The van der Waals surface area contributed by atoms with Crippen molar-refractivity contribution in [1.29, 1.82) is 0 Å². The molecule has 3 N–H and O–H groups in total. The van der Waals surface area contributed by atoms with Crippen molar-refractivity contribution in [2.75, 3.05) is 0 Å². The lowest BCUT2D eigenvalue weighted by Crippen LogP contribution is -2.14. The molecule has 0 aliphatic heterocycles. The van der Waals surface area contributed by atoms with E-state index < -0.39 is 5.82 Å². The molecule has 110 valence electrons. The predicted octanol–water partition coefficient (Wildman–Crippen LogP) is 3.64. The Bertz CT molecular complexity index is 712. The number of amidine groups is 1. The minimum Gasteiger partial charge on any atom is -0.456 e. The molecule has 0 aromatic heterocycles. The van der Waals surface area contributed by atoms with Crippen LogP contribution in [0.15, 0.2) is 35.5 Å². The summed E-state index contributed by atoms with van der Waals surface area (Å²) in [5.74, 6) is 0.339. The van der Waals surface area contributed by atoms with E-state index in [0.717, 1.165) is 16.7 Å². The van der Waals surface area contributed by atoms with E-state index in [1.165, 1.54) is 18.2 Å². The first-order valence-electron chi connectivity index (χ1n) is 6.46. The lowest BCUT2D eigenvalue weighted by atomic mass is 10.1. The number of hydrogen-bond donors (Lipinski definition) is 2. The summed E-state index contributed by atoms with van der Waals surface area (Å²) in [5, 5.41) is 11.7. The number of aryl methyl sites for hydroxylation is 2. The summed E-state index contributed by atoms with van der Waals surface area (Å²) < 4.78 is 19.2. The average molecular weight is 288 g/mol. The quantitative estimate of drug-likeness (QED) is 0.392. The molecule has 0 aliphatic rings. The van der Waals surface area contributed by atoms with Gasteiger partial charge in [-0.3, -0.25) is 0 Å². The smallest absolute Gasteiger partial charge is 0.173 e. The van der Waals surface area contributed by atoms with Gasteiger partial charge < -0.3 is 15.7 Å². The summed E-state index contributed by atoms with van der Waals surface area (Å²) in [6.45, 7) is 5.86. The van der Waals surface area contributed by atoms with Crippen LogP contribution in [0.2, 0.25) is 0 Å². The monoisotopic (exact) mass is 288 g/mol. The van der Waals surface area contributed by atoms with Gasteiger partial charge in [-0.1, -0.05) is 17.3 Å². The summed E-state index contributed by atoms with van der Waals surface area (Å²) in [5.41, 5.74) is 8.81. The second-order valence-corrected chi connectivity index (χ2v) is 4.88. The van der Waals surface area contributed by atoms with Crippen molar-refractivity contribution in [3.8, 4) is 11.5 Å². The van der Waals surface area contributed by atoms with Crippen molar-refractivity contribution in [1.82, 2.24) is 0 Å². The summed E-state index contributed by atoms with van der Waals surface area (Å²) in [6.07, 6.45) is 0. The van der Waals surface area contributed by atoms with E-state index in [2.05, 4.69) is 5.16 Å². The average Bonchev–Trinajstić information content (AvgIpc) is 2.48. The number of nitrogens with two attached hydrogens (primary N) is 1. The van der Waals surface area contributed by atoms with Crippen LogP contribution < -0.4 is 10.5 Å². The number of halogens is 1. The summed E-state index contributed by atoms with van der Waals surface area (Å²) >= 11 is 0. The van der Waals surface area contributed by atoms with Crippen molar-refractivity contribution < 1.29 is 14.3 Å². The molecule has 0 unspecified atom stereocenters. The lowest BCUT2D eigenvalue weighted by Gasteiger charge is -2.16. The third-order valence-electron chi connectivity index (χ3n) is 3.41. The first kappa shape index (κ1) is 14.8. The Balaban J connectivity index is 2.53. The number of benzene rings is 2. The molecule has 0 radical (unpaired) electrons. The van der Waals surface area contributed by atoms with Crippen LogP contribution in [-0.4, -0.2) is 11.0 Å². The van der Waals surface area contributed by atoms with Crippen LogP contribution in [0.3, 0.4) is 0 Å². The zero-order valence-electron chi connectivity index (χ0n) is 12.1. The zero-order valence-corrected chi connectivity index (χ0v) is 12.1. The number of rotatable bonds is 3. The van der Waals surface area contributed by atoms with Gasteiger partial charge in [0, 0.05) is 0 Å². The topological polar surface area (TPSA) is 67.8 Å². The molecule has 0 heterocycles. The maximum Gasteiger partial charge on any atom is 0.173 e. The molecular weight excluding hydrogens is 271 g/mol. The fourth-order valence-electron chi connectivity index (χ4n) is 2.04. The number of nitrogens with zero attached hydrogens (tertiary/aromatic N) is 1. The van der Waals surface area contributed by atoms with Gasteiger partial charge in [-0.25, -0.2) is 4.39 Å². The standard InChI is InChI=1S/C16H17FN2O2/c1-9-4-5-10(2)15(11(9)3)21-14-7-6-12(17)8-13(14)16(18)19-20/h4-8,20H,1-3H3,(H2,18,19). The van der Waals surface area contributed by atoms with Crippen molar-refractivity contribution in [3.63, 3.8) is 0 Å². The molecule has 21 heavy (non-hydrogen) atoms. The second-order valence-electron chi connectivity index (χ2n) is 4.88. The molecule has 0 saturated heterocycles. The van der Waals surface area contributed by atoms with Crippen LogP contribution in [0.5, 0.6) is 11.5 Å². The van der Waals surface area contributed by atoms with Gasteiger partial charge in [-0.2, -0.15) is 0 Å². The SMILES string of the molecule is Cc1ccc(C)c(Oc2ccc(F)cc2C(N)=NO)c1C. The normalized spacial score (nSPS) is 11.5. The maximum atomic E-state index is 13.4. The third kappa shape index (κ3) is 2.97. The van der Waals surface area contributed by atoms with Gasteiger partial charge in [0.15, 0.2) is 5.84 Å². The van der Waals surface area contributed by atoms with Crippen LogP contribution in [0.25, 0.3) is 0 Å². The van der Waals surface area contributed by atoms with Gasteiger partial charge in [0.1, 0.15) is 17.3 Å². The second kappa shape index (κ2) is 5.83. The number of hydrogen-bond acceptors (Lipinski definition) is 3. The molecule has 0 aliphatic carbocycles. The molecule has 0 amide bonds. The number of ether oxygens (including phenoxy) is 1. The van der Waals surface area contributed by atoms with Gasteiger partial charge in [0.25, 0.3) is 0 Å². The Morgan fingerprint density at radius 2 is 1.81 bits per heavy atom. The molecule has 0 bridgehead atoms. The van der Waals surface area contributed by atoms with Crippen LogP contribution in [-0.2, 0) is 0 Å². The van der Waals surface area contributed by atoms with Gasteiger partial charge >= 0.3 is 0 Å². The van der Waals surface area contributed by atoms with E-state index >= 15 is 0 Å². The van der Waals surface area contributed by atoms with Crippen LogP contribution in [0.1, 0.15) is 22.3 Å². The predicted molar refractivity (Wildman–Crippen MR) is 79.6 cm³/mol. The highest BCUT2D eigenvalue weighted by Crippen LogP contribution is 2.32. The Hall–Kier alpha value is -2.56. The fourth-order valence-corrected chi connectivity index (χ4v) is 2.04. The van der Waals surface area contributed by atoms with Crippen LogP contribution >= 0.6 is 0 Å². The molecular formula is C16H17FN2O2. The Morgan fingerprint density at radius 1 is 1.14 bits per heavy atom. The van der Waals surface area contributed by atoms with E-state index in [4.69, 9.17) is 15.7 Å². The third-order valence-corrected chi connectivity index (χ3v) is 3.41. The van der Waals surface area contributed by atoms with E-state index in [9.17, 15) is 4.39 Å². The Labute approximate surface area is 122 Å². The van der Waals surface area contributed by atoms with Gasteiger partial charge in [-0.15, -0.1) is 0 Å². The highest BCUT2D eigenvalue weighted by molar-refractivity contribution is 5.99. The first-order chi connectivity index (χ1) is 9.93. The highest BCUT2D eigenvalue weighted by atomic mass is 19.1. The Kier molecular flexibility index (Phi) is 4.12. The molecule has 0 atom stereocenters. The maximum absolute atomic E-state index is 13.4. The van der Waals surface area contributed by atoms with Crippen molar-refractivity contribution in [2.24, 2.45) is 10.9 Å². The molecule has 4 nitrogen and oxygen atoms in total. The van der Waals surface area contributed by atoms with E-state index in [1.54, 1.807) is 0 Å². The van der Waals surface area contributed by atoms with Gasteiger partial charge in [0.05, 0.1) is 5.56 Å². The van der Waals surface area contributed by atoms with Gasteiger partial charge in [0.2, 0.25) is 0 Å². The number of oxime groups is 1. The molecule has 2 aromatic carbocycles. The van der Waals surface area contributed by atoms with Crippen molar-refractivity contribution in [2.45, 2.75) is 20.8 Å². The first-order valence-corrected chi connectivity index (χ1v) is 6.46. The van der Waals surface area contributed by atoms with Crippen LogP contribution in [0.4, 0.5) is 4.39 Å². The van der Waals surface area contributed by atoms with Gasteiger partial charge in [-0.05, 0) is 55.7 Å². The molecule has 2 rings (SSSR count). The van der Waals surface area contributed by atoms with Crippen molar-refractivity contribution >= 4 is 5.84 Å². The summed E-state index contributed by atoms with van der Waals surface area (Å²) in [7, 11) is 0. The largest absolute Gasteiger partial charge is 0.456 e. The minimum atomic E-state index is -0.485. The highest BCUT2D eigenvalue weighted by Gasteiger charge is 2.14. The fraction of sp³-hybridized carbons (Fsp3) is 0.188. The van der Waals surface area contributed by atoms with E-state index in [-0.39, 0.29) is 11.4 Å². The molecule has 0 saturated carbocycles. The molecule has 0 spiro atoms. The molecule has 2 aromatic rings. The Morgan fingerprint density at radius 3 is 2.48 bits per heavy atom.